The van der Waals surface area contributed by atoms with Gasteiger partial charge in [-0.1, -0.05) is 0 Å². The number of piperidine rings is 1. The summed E-state index contributed by atoms with van der Waals surface area (Å²) in [5, 5.41) is 3.07. The van der Waals surface area contributed by atoms with Crippen LogP contribution >= 0.6 is 11.3 Å². The first-order chi connectivity index (χ1) is 11.8. The zero-order valence-electron chi connectivity index (χ0n) is 14.0. The summed E-state index contributed by atoms with van der Waals surface area (Å²) >= 11 is 1.67. The van der Waals surface area contributed by atoms with Crippen LogP contribution in [0.15, 0.2) is 11.6 Å². The highest BCUT2D eigenvalue weighted by molar-refractivity contribution is 7.13. The number of amides is 1. The zero-order chi connectivity index (χ0) is 16.4. The van der Waals surface area contributed by atoms with Crippen molar-refractivity contribution in [1.82, 2.24) is 9.88 Å². The minimum atomic E-state index is -0.220. The van der Waals surface area contributed by atoms with Crippen molar-refractivity contribution in [3.8, 4) is 0 Å². The number of carbonyl (C=O) groups excluding carboxylic acids is 1. The van der Waals surface area contributed by atoms with Crippen LogP contribution in [-0.2, 0) is 14.3 Å². The second-order valence-electron chi connectivity index (χ2n) is 7.15. The van der Waals surface area contributed by atoms with E-state index in [1.807, 2.05) is 16.5 Å². The fraction of sp³-hybridized carbons (Fsp3) is 0.765. The van der Waals surface area contributed by atoms with Crippen molar-refractivity contribution in [1.29, 1.82) is 0 Å². The van der Waals surface area contributed by atoms with E-state index >= 15 is 0 Å². The molecule has 0 bridgehead atoms. The van der Waals surface area contributed by atoms with Crippen molar-refractivity contribution in [2.45, 2.75) is 31.8 Å². The number of rotatable bonds is 2. The Labute approximate surface area is 146 Å². The van der Waals surface area contributed by atoms with Crippen molar-refractivity contribution < 1.29 is 14.3 Å². The van der Waals surface area contributed by atoms with Crippen LogP contribution in [0.3, 0.4) is 0 Å². The number of anilines is 1. The highest BCUT2D eigenvalue weighted by Crippen LogP contribution is 2.35. The Kier molecular flexibility index (Phi) is 4.74. The second-order valence-corrected chi connectivity index (χ2v) is 8.03. The second kappa shape index (κ2) is 6.98. The zero-order valence-corrected chi connectivity index (χ0v) is 14.8. The number of thiazole rings is 1. The Balaban J connectivity index is 1.48. The van der Waals surface area contributed by atoms with Crippen LogP contribution in [0, 0.1) is 5.41 Å². The molecule has 3 fully saturated rings. The SMILES string of the molecule is O=C([C@H]1CCCO1)N1CCCC2(COCCN(c3nccs3)C2)C1. The van der Waals surface area contributed by atoms with Crippen LogP contribution in [0.5, 0.6) is 0 Å². The van der Waals surface area contributed by atoms with Crippen molar-refractivity contribution in [3.63, 3.8) is 0 Å². The van der Waals surface area contributed by atoms with Crippen molar-refractivity contribution in [3.05, 3.63) is 11.6 Å². The van der Waals surface area contributed by atoms with Gasteiger partial charge >= 0.3 is 0 Å². The normalized spacial score (nSPS) is 31.4. The molecule has 132 valence electrons. The first-order valence-electron chi connectivity index (χ1n) is 8.88. The lowest BCUT2D eigenvalue weighted by Crippen LogP contribution is -2.54. The molecule has 7 heteroatoms. The summed E-state index contributed by atoms with van der Waals surface area (Å²) in [6.07, 6.45) is 5.63. The van der Waals surface area contributed by atoms with E-state index in [0.717, 1.165) is 76.8 Å². The van der Waals surface area contributed by atoms with E-state index in [4.69, 9.17) is 9.47 Å². The topological polar surface area (TPSA) is 54.9 Å². The third-order valence-electron chi connectivity index (χ3n) is 5.31. The number of carbonyl (C=O) groups is 1. The third-order valence-corrected chi connectivity index (χ3v) is 6.14. The Morgan fingerprint density at radius 1 is 1.29 bits per heavy atom. The Hall–Kier alpha value is -1.18. The summed E-state index contributed by atoms with van der Waals surface area (Å²) in [5.41, 5.74) is 0.00862. The number of likely N-dealkylation sites (tertiary alicyclic amines) is 1. The number of hydrogen-bond acceptors (Lipinski definition) is 6. The fourth-order valence-corrected chi connectivity index (χ4v) is 4.82. The number of ether oxygens (including phenoxy) is 2. The summed E-state index contributed by atoms with van der Waals surface area (Å²) < 4.78 is 11.5. The summed E-state index contributed by atoms with van der Waals surface area (Å²) in [6, 6.07) is 0. The van der Waals surface area contributed by atoms with Crippen molar-refractivity contribution in [2.24, 2.45) is 5.41 Å². The quantitative estimate of drug-likeness (QED) is 0.813. The molecule has 0 radical (unpaired) electrons. The average Bonchev–Trinajstić information content (AvgIpc) is 3.28. The van der Waals surface area contributed by atoms with Gasteiger partial charge in [0.05, 0.1) is 13.2 Å². The van der Waals surface area contributed by atoms with Crippen LogP contribution < -0.4 is 4.90 Å². The van der Waals surface area contributed by atoms with Gasteiger partial charge in [0.25, 0.3) is 5.91 Å². The molecule has 1 spiro atoms. The van der Waals surface area contributed by atoms with Crippen LogP contribution in [0.25, 0.3) is 0 Å². The Morgan fingerprint density at radius 3 is 3.04 bits per heavy atom. The van der Waals surface area contributed by atoms with E-state index in [1.165, 1.54) is 0 Å². The molecule has 1 amide bonds. The van der Waals surface area contributed by atoms with Gasteiger partial charge in [-0.05, 0) is 25.7 Å². The molecule has 1 unspecified atom stereocenters. The maximum Gasteiger partial charge on any atom is 0.251 e. The highest BCUT2D eigenvalue weighted by Gasteiger charge is 2.42. The van der Waals surface area contributed by atoms with Gasteiger partial charge in [-0.2, -0.15) is 0 Å². The predicted molar refractivity (Wildman–Crippen MR) is 92.4 cm³/mol. The van der Waals surface area contributed by atoms with Crippen LogP contribution in [0.1, 0.15) is 25.7 Å². The van der Waals surface area contributed by atoms with Gasteiger partial charge in [-0.25, -0.2) is 4.98 Å². The number of aromatic nitrogens is 1. The van der Waals surface area contributed by atoms with E-state index in [2.05, 4.69) is 9.88 Å². The van der Waals surface area contributed by atoms with Crippen LogP contribution in [-0.4, -0.2) is 67.9 Å². The molecule has 0 aromatic carbocycles. The number of nitrogens with zero attached hydrogens (tertiary/aromatic N) is 3. The van der Waals surface area contributed by atoms with Crippen molar-refractivity contribution >= 4 is 22.4 Å². The molecule has 3 aliphatic heterocycles. The lowest BCUT2D eigenvalue weighted by atomic mass is 9.80. The van der Waals surface area contributed by atoms with Gasteiger partial charge in [0.15, 0.2) is 5.13 Å². The molecule has 1 aromatic rings. The molecule has 2 atom stereocenters. The standard InChI is InChI=1S/C17H25N3O3S/c21-15(14-3-1-8-23-14)19-6-2-4-17(11-19)12-20(7-9-22-13-17)16-18-5-10-24-16/h5,10,14H,1-4,6-9,11-13H2/t14-,17?/m1/s1. The van der Waals surface area contributed by atoms with Crippen molar-refractivity contribution in [2.75, 3.05) is 50.9 Å². The van der Waals surface area contributed by atoms with E-state index in [-0.39, 0.29) is 17.4 Å². The third kappa shape index (κ3) is 3.30. The van der Waals surface area contributed by atoms with Gasteiger partial charge in [0, 0.05) is 49.8 Å². The van der Waals surface area contributed by atoms with Gasteiger partial charge in [-0.3, -0.25) is 4.79 Å². The first kappa shape index (κ1) is 16.3. The van der Waals surface area contributed by atoms with Gasteiger partial charge < -0.3 is 19.3 Å². The highest BCUT2D eigenvalue weighted by atomic mass is 32.1. The van der Waals surface area contributed by atoms with E-state index in [9.17, 15) is 4.79 Å². The van der Waals surface area contributed by atoms with Gasteiger partial charge in [0.1, 0.15) is 6.10 Å². The first-order valence-corrected chi connectivity index (χ1v) is 9.76. The lowest BCUT2D eigenvalue weighted by molar-refractivity contribution is -0.145. The maximum atomic E-state index is 12.8. The summed E-state index contributed by atoms with van der Waals surface area (Å²) in [6.45, 7) is 5.57. The summed E-state index contributed by atoms with van der Waals surface area (Å²) in [5.74, 6) is 0.177. The molecule has 4 rings (SSSR count). The van der Waals surface area contributed by atoms with Gasteiger partial charge in [0.2, 0.25) is 0 Å². The molecule has 0 saturated carbocycles. The van der Waals surface area contributed by atoms with E-state index in [0.29, 0.717) is 0 Å². The summed E-state index contributed by atoms with van der Waals surface area (Å²) in [7, 11) is 0. The van der Waals surface area contributed by atoms with Crippen LogP contribution in [0.4, 0.5) is 5.13 Å². The molecular formula is C17H25N3O3S. The molecule has 0 N–H and O–H groups in total. The minimum Gasteiger partial charge on any atom is -0.379 e. The van der Waals surface area contributed by atoms with E-state index < -0.39 is 0 Å². The van der Waals surface area contributed by atoms with E-state index in [1.54, 1.807) is 11.3 Å². The number of hydrogen-bond donors (Lipinski definition) is 0. The monoisotopic (exact) mass is 351 g/mol. The Bertz CT molecular complexity index is 561. The molecule has 3 aliphatic rings. The molecule has 4 heterocycles. The smallest absolute Gasteiger partial charge is 0.251 e. The largest absolute Gasteiger partial charge is 0.379 e. The molecule has 0 aliphatic carbocycles. The average molecular weight is 351 g/mol. The minimum absolute atomic E-state index is 0.00862. The predicted octanol–water partition coefficient (Wildman–Crippen LogP) is 1.77. The summed E-state index contributed by atoms with van der Waals surface area (Å²) in [4.78, 5) is 21.6. The van der Waals surface area contributed by atoms with Crippen LogP contribution in [0.2, 0.25) is 0 Å². The molecule has 6 nitrogen and oxygen atoms in total. The Morgan fingerprint density at radius 2 is 2.25 bits per heavy atom. The lowest BCUT2D eigenvalue weighted by Gasteiger charge is -2.44. The fourth-order valence-electron chi connectivity index (χ4n) is 4.15. The molecule has 1 aromatic heterocycles. The van der Waals surface area contributed by atoms with Gasteiger partial charge in [-0.15, -0.1) is 11.3 Å². The maximum absolute atomic E-state index is 12.8. The molecular weight excluding hydrogens is 326 g/mol. The molecule has 3 saturated heterocycles. The molecule has 24 heavy (non-hydrogen) atoms.